The normalized spacial score (nSPS) is 13.4. The standard InChI is InChI=1S/C27H18N2O2/c1-17-9-2-5-13-21(17)29-26(30)20-12-8-16-24(25(20)27(29)31)28-22-14-6-3-10-18(22)19-11-4-7-15-23(19)28/h2-16H,1H3. The van der Waals surface area contributed by atoms with E-state index in [0.29, 0.717) is 16.8 Å². The maximum absolute atomic E-state index is 13.6. The third kappa shape index (κ3) is 2.36. The molecule has 0 saturated heterocycles. The third-order valence-electron chi connectivity index (χ3n) is 6.07. The molecule has 4 nitrogen and oxygen atoms in total. The number of hydrogen-bond acceptors (Lipinski definition) is 2. The smallest absolute Gasteiger partial charge is 0.268 e. The van der Waals surface area contributed by atoms with Gasteiger partial charge in [0.2, 0.25) is 0 Å². The van der Waals surface area contributed by atoms with Crippen molar-refractivity contribution >= 4 is 39.3 Å². The molecule has 0 unspecified atom stereocenters. The molecule has 0 spiro atoms. The van der Waals surface area contributed by atoms with Crippen molar-refractivity contribution in [2.45, 2.75) is 6.92 Å². The Kier molecular flexibility index (Phi) is 3.65. The number of nitrogens with zero attached hydrogens (tertiary/aromatic N) is 2. The Hall–Kier alpha value is -4.18. The van der Waals surface area contributed by atoms with Crippen molar-refractivity contribution in [3.05, 3.63) is 108 Å². The number of carbonyl (C=O) groups excluding carboxylic acids is 2. The summed E-state index contributed by atoms with van der Waals surface area (Å²) in [5.41, 5.74) is 5.13. The first-order valence-corrected chi connectivity index (χ1v) is 10.2. The molecule has 1 aliphatic rings. The number of hydrogen-bond donors (Lipinski definition) is 0. The monoisotopic (exact) mass is 402 g/mol. The predicted molar refractivity (Wildman–Crippen MR) is 123 cm³/mol. The summed E-state index contributed by atoms with van der Waals surface area (Å²) >= 11 is 0. The summed E-state index contributed by atoms with van der Waals surface area (Å²) in [6.07, 6.45) is 0. The highest BCUT2D eigenvalue weighted by Gasteiger charge is 2.39. The fraction of sp³-hybridized carbons (Fsp3) is 0.0370. The first-order valence-electron chi connectivity index (χ1n) is 10.2. The van der Waals surface area contributed by atoms with E-state index in [1.54, 1.807) is 6.07 Å². The SMILES string of the molecule is Cc1ccccc1N1C(=O)c2cccc(-n3c4ccccc4c4ccccc43)c2C1=O. The van der Waals surface area contributed by atoms with Crippen molar-refractivity contribution in [1.82, 2.24) is 4.57 Å². The second-order valence-corrected chi connectivity index (χ2v) is 7.80. The maximum Gasteiger partial charge on any atom is 0.268 e. The zero-order valence-electron chi connectivity index (χ0n) is 16.9. The Balaban J connectivity index is 1.66. The number of rotatable bonds is 2. The Labute approximate surface area is 178 Å². The quantitative estimate of drug-likeness (QED) is 0.345. The zero-order valence-corrected chi connectivity index (χ0v) is 16.9. The molecular weight excluding hydrogens is 384 g/mol. The molecule has 5 aromatic rings. The number of imide groups is 1. The van der Waals surface area contributed by atoms with Crippen LogP contribution in [0.3, 0.4) is 0 Å². The van der Waals surface area contributed by atoms with Crippen LogP contribution in [0.15, 0.2) is 91.0 Å². The summed E-state index contributed by atoms with van der Waals surface area (Å²) in [7, 11) is 0. The molecule has 1 aliphatic heterocycles. The van der Waals surface area contributed by atoms with Gasteiger partial charge in [-0.3, -0.25) is 9.59 Å². The largest absolute Gasteiger partial charge is 0.308 e. The lowest BCUT2D eigenvalue weighted by molar-refractivity contribution is 0.0926. The minimum absolute atomic E-state index is 0.281. The van der Waals surface area contributed by atoms with Crippen molar-refractivity contribution in [3.8, 4) is 5.69 Å². The first-order chi connectivity index (χ1) is 15.2. The fourth-order valence-electron chi connectivity index (χ4n) is 4.67. The fourth-order valence-corrected chi connectivity index (χ4v) is 4.67. The van der Waals surface area contributed by atoms with Crippen molar-refractivity contribution in [2.24, 2.45) is 0 Å². The lowest BCUT2D eigenvalue weighted by atomic mass is 10.1. The van der Waals surface area contributed by atoms with Gasteiger partial charge >= 0.3 is 0 Å². The van der Waals surface area contributed by atoms with Gasteiger partial charge in [-0.2, -0.15) is 0 Å². The van der Waals surface area contributed by atoms with E-state index in [-0.39, 0.29) is 11.8 Å². The Morgan fingerprint density at radius 2 is 1.16 bits per heavy atom. The van der Waals surface area contributed by atoms with Crippen LogP contribution in [0.2, 0.25) is 0 Å². The van der Waals surface area contributed by atoms with Gasteiger partial charge in [0.05, 0.1) is 33.5 Å². The summed E-state index contributed by atoms with van der Waals surface area (Å²) in [5, 5.41) is 2.23. The Morgan fingerprint density at radius 1 is 0.581 bits per heavy atom. The lowest BCUT2D eigenvalue weighted by Gasteiger charge is -2.16. The van der Waals surface area contributed by atoms with E-state index in [0.717, 1.165) is 33.1 Å². The summed E-state index contributed by atoms with van der Waals surface area (Å²) in [4.78, 5) is 28.2. The van der Waals surface area contributed by atoms with Gasteiger partial charge < -0.3 is 4.57 Å². The molecule has 148 valence electrons. The van der Waals surface area contributed by atoms with E-state index in [2.05, 4.69) is 28.8 Å². The second kappa shape index (κ2) is 6.41. The molecule has 0 saturated carbocycles. The number of benzene rings is 4. The van der Waals surface area contributed by atoms with Crippen LogP contribution < -0.4 is 4.90 Å². The summed E-state index contributed by atoms with van der Waals surface area (Å²) < 4.78 is 2.09. The molecule has 0 fully saturated rings. The number of fused-ring (bicyclic) bond motifs is 4. The average Bonchev–Trinajstić information content (AvgIpc) is 3.26. The van der Waals surface area contributed by atoms with Crippen LogP contribution in [-0.4, -0.2) is 16.4 Å². The van der Waals surface area contributed by atoms with Gasteiger partial charge in [-0.15, -0.1) is 0 Å². The van der Waals surface area contributed by atoms with Crippen molar-refractivity contribution in [2.75, 3.05) is 4.90 Å². The molecule has 31 heavy (non-hydrogen) atoms. The summed E-state index contributed by atoms with van der Waals surface area (Å²) in [6, 6.07) is 29.3. The van der Waals surface area contributed by atoms with Gasteiger partial charge in [0.1, 0.15) is 0 Å². The average molecular weight is 402 g/mol. The topological polar surface area (TPSA) is 42.3 Å². The van der Waals surface area contributed by atoms with Crippen LogP contribution in [0.4, 0.5) is 5.69 Å². The highest BCUT2D eigenvalue weighted by Crippen LogP contribution is 2.37. The number of amides is 2. The van der Waals surface area contributed by atoms with Crippen LogP contribution >= 0.6 is 0 Å². The van der Waals surface area contributed by atoms with Crippen molar-refractivity contribution in [3.63, 3.8) is 0 Å². The van der Waals surface area contributed by atoms with E-state index < -0.39 is 0 Å². The van der Waals surface area contributed by atoms with E-state index in [9.17, 15) is 9.59 Å². The van der Waals surface area contributed by atoms with Crippen LogP contribution in [0.5, 0.6) is 0 Å². The number of aryl methyl sites for hydroxylation is 1. The number of carbonyl (C=O) groups is 2. The minimum atomic E-state index is -0.285. The number of para-hydroxylation sites is 3. The molecule has 0 bridgehead atoms. The molecule has 0 radical (unpaired) electrons. The van der Waals surface area contributed by atoms with E-state index in [1.165, 1.54) is 4.90 Å². The molecule has 2 heterocycles. The zero-order chi connectivity index (χ0) is 21.1. The van der Waals surface area contributed by atoms with Crippen molar-refractivity contribution < 1.29 is 9.59 Å². The summed E-state index contributed by atoms with van der Waals surface area (Å²) in [6.45, 7) is 1.91. The highest BCUT2D eigenvalue weighted by atomic mass is 16.2. The third-order valence-corrected chi connectivity index (χ3v) is 6.07. The van der Waals surface area contributed by atoms with E-state index in [1.807, 2.05) is 67.6 Å². The van der Waals surface area contributed by atoms with Crippen LogP contribution in [0, 0.1) is 6.92 Å². The predicted octanol–water partition coefficient (Wildman–Crippen LogP) is 5.89. The van der Waals surface area contributed by atoms with Gasteiger partial charge in [-0.1, -0.05) is 60.7 Å². The summed E-state index contributed by atoms with van der Waals surface area (Å²) in [5.74, 6) is -0.566. The van der Waals surface area contributed by atoms with Gasteiger partial charge in [-0.25, -0.2) is 4.90 Å². The molecule has 2 amide bonds. The van der Waals surface area contributed by atoms with E-state index in [4.69, 9.17) is 0 Å². The first kappa shape index (κ1) is 17.7. The molecule has 1 aromatic heterocycles. The molecule has 0 aliphatic carbocycles. The highest BCUT2D eigenvalue weighted by molar-refractivity contribution is 6.36. The molecule has 4 heteroatoms. The molecule has 6 rings (SSSR count). The Morgan fingerprint density at radius 3 is 1.84 bits per heavy atom. The molecule has 0 atom stereocenters. The van der Waals surface area contributed by atoms with Crippen molar-refractivity contribution in [1.29, 1.82) is 0 Å². The van der Waals surface area contributed by atoms with Crippen LogP contribution in [0.25, 0.3) is 27.5 Å². The molecule has 0 N–H and O–H groups in total. The maximum atomic E-state index is 13.6. The van der Waals surface area contributed by atoms with Crippen LogP contribution in [0.1, 0.15) is 26.3 Å². The van der Waals surface area contributed by atoms with Crippen LogP contribution in [-0.2, 0) is 0 Å². The lowest BCUT2D eigenvalue weighted by Crippen LogP contribution is -2.30. The Bertz CT molecular complexity index is 1490. The molecule has 4 aromatic carbocycles. The van der Waals surface area contributed by atoms with Gasteiger partial charge in [0.15, 0.2) is 0 Å². The number of aromatic nitrogens is 1. The van der Waals surface area contributed by atoms with Gasteiger partial charge in [0, 0.05) is 10.8 Å². The minimum Gasteiger partial charge on any atom is -0.308 e. The van der Waals surface area contributed by atoms with Gasteiger partial charge in [0.25, 0.3) is 11.8 Å². The molecular formula is C27H18N2O2. The second-order valence-electron chi connectivity index (χ2n) is 7.80. The number of anilines is 1. The van der Waals surface area contributed by atoms with Gasteiger partial charge in [-0.05, 0) is 42.8 Å². The van der Waals surface area contributed by atoms with E-state index >= 15 is 0 Å².